The number of nitrogens with one attached hydrogen (secondary N) is 1. The van der Waals surface area contributed by atoms with E-state index in [0.717, 1.165) is 65.1 Å². The van der Waals surface area contributed by atoms with Crippen molar-refractivity contribution in [3.8, 4) is 0 Å². The molecule has 2 fully saturated rings. The van der Waals surface area contributed by atoms with Gasteiger partial charge in [0, 0.05) is 32.2 Å². The third kappa shape index (κ3) is 4.79. The molecule has 0 bridgehead atoms. The number of nitrogens with zero attached hydrogens (tertiary/aromatic N) is 1. The van der Waals surface area contributed by atoms with Gasteiger partial charge in [-0.1, -0.05) is 30.3 Å². The molecule has 23 heavy (non-hydrogen) atoms. The molecule has 0 saturated carbocycles. The van der Waals surface area contributed by atoms with Crippen molar-refractivity contribution in [1.29, 1.82) is 0 Å². The van der Waals surface area contributed by atoms with Crippen LogP contribution in [0.2, 0.25) is 0 Å². The summed E-state index contributed by atoms with van der Waals surface area (Å²) >= 11 is 0. The van der Waals surface area contributed by atoms with Crippen LogP contribution in [0.1, 0.15) is 31.2 Å². The van der Waals surface area contributed by atoms with Crippen molar-refractivity contribution in [1.82, 2.24) is 10.2 Å². The van der Waals surface area contributed by atoms with Gasteiger partial charge in [-0.3, -0.25) is 4.79 Å². The number of piperidine rings is 1. The van der Waals surface area contributed by atoms with Gasteiger partial charge in [-0.25, -0.2) is 0 Å². The normalized spacial score (nSPS) is 20.3. The summed E-state index contributed by atoms with van der Waals surface area (Å²) in [7, 11) is 0. The number of carbonyl (C=O) groups is 1. The second kappa shape index (κ2) is 8.46. The number of benzene rings is 1. The first-order chi connectivity index (χ1) is 11.3. The Morgan fingerprint density at radius 2 is 1.78 bits per heavy atom. The van der Waals surface area contributed by atoms with Crippen molar-refractivity contribution in [2.45, 2.75) is 32.2 Å². The van der Waals surface area contributed by atoms with E-state index in [1.54, 1.807) is 0 Å². The maximum Gasteiger partial charge on any atom is 0.226 e. The van der Waals surface area contributed by atoms with Crippen molar-refractivity contribution in [2.24, 2.45) is 11.8 Å². The van der Waals surface area contributed by atoms with Crippen LogP contribution in [0.4, 0.5) is 0 Å². The zero-order valence-electron chi connectivity index (χ0n) is 13.9. The molecular weight excluding hydrogens is 288 g/mol. The Bertz CT molecular complexity index is 479. The number of ether oxygens (including phenoxy) is 1. The minimum atomic E-state index is 0.194. The summed E-state index contributed by atoms with van der Waals surface area (Å²) < 4.78 is 5.46. The van der Waals surface area contributed by atoms with Crippen LogP contribution in [0, 0.1) is 11.8 Å². The first-order valence-electron chi connectivity index (χ1n) is 8.94. The molecule has 0 atom stereocenters. The molecule has 0 unspecified atom stereocenters. The van der Waals surface area contributed by atoms with Crippen LogP contribution in [0.3, 0.4) is 0 Å². The topological polar surface area (TPSA) is 41.6 Å². The van der Waals surface area contributed by atoms with Gasteiger partial charge >= 0.3 is 0 Å². The average Bonchev–Trinajstić information content (AvgIpc) is 2.63. The summed E-state index contributed by atoms with van der Waals surface area (Å²) in [6.45, 7) is 5.22. The maximum atomic E-state index is 13.0. The fraction of sp³-hybridized carbons (Fsp3) is 0.632. The van der Waals surface area contributed by atoms with Crippen LogP contribution in [0.5, 0.6) is 0 Å². The average molecular weight is 316 g/mol. The smallest absolute Gasteiger partial charge is 0.226 e. The third-order valence-corrected chi connectivity index (χ3v) is 5.04. The van der Waals surface area contributed by atoms with Gasteiger partial charge in [0.15, 0.2) is 0 Å². The second-order valence-electron chi connectivity index (χ2n) is 6.78. The van der Waals surface area contributed by atoms with Gasteiger partial charge in [0.05, 0.1) is 0 Å². The number of amides is 1. The van der Waals surface area contributed by atoms with E-state index in [2.05, 4.69) is 34.5 Å². The van der Waals surface area contributed by atoms with E-state index < -0.39 is 0 Å². The lowest BCUT2D eigenvalue weighted by atomic mass is 9.94. The molecule has 0 spiro atoms. The molecule has 0 radical (unpaired) electrons. The van der Waals surface area contributed by atoms with Gasteiger partial charge in [0.25, 0.3) is 0 Å². The van der Waals surface area contributed by atoms with E-state index in [9.17, 15) is 4.79 Å². The molecule has 1 aromatic rings. The van der Waals surface area contributed by atoms with Gasteiger partial charge in [-0.05, 0) is 50.3 Å². The second-order valence-corrected chi connectivity index (χ2v) is 6.78. The standard InChI is InChI=1S/C19H28N2O2/c22-19(18-6-10-20-11-7-18)21(14-16-4-2-1-3-5-16)15-17-8-12-23-13-9-17/h1-5,17-18,20H,6-15H2. The van der Waals surface area contributed by atoms with E-state index in [1.165, 1.54) is 5.56 Å². The first kappa shape index (κ1) is 16.5. The molecule has 126 valence electrons. The van der Waals surface area contributed by atoms with Gasteiger partial charge < -0.3 is 15.0 Å². The van der Waals surface area contributed by atoms with E-state index >= 15 is 0 Å². The highest BCUT2D eigenvalue weighted by Gasteiger charge is 2.28. The minimum absolute atomic E-state index is 0.194. The van der Waals surface area contributed by atoms with Crippen molar-refractivity contribution >= 4 is 5.91 Å². The van der Waals surface area contributed by atoms with E-state index in [1.807, 2.05) is 6.07 Å². The SMILES string of the molecule is O=C(C1CCNCC1)N(Cc1ccccc1)CC1CCOCC1. The first-order valence-corrected chi connectivity index (χ1v) is 8.94. The van der Waals surface area contributed by atoms with Crippen LogP contribution < -0.4 is 5.32 Å². The molecule has 2 saturated heterocycles. The molecule has 4 nitrogen and oxygen atoms in total. The third-order valence-electron chi connectivity index (χ3n) is 5.04. The lowest BCUT2D eigenvalue weighted by molar-refractivity contribution is -0.138. The quantitative estimate of drug-likeness (QED) is 0.907. The predicted octanol–water partition coefficient (Wildman–Crippen LogP) is 2.44. The molecule has 1 amide bonds. The Morgan fingerprint density at radius 1 is 1.09 bits per heavy atom. The highest BCUT2D eigenvalue weighted by Crippen LogP contribution is 2.22. The molecule has 4 heteroatoms. The minimum Gasteiger partial charge on any atom is -0.381 e. The summed E-state index contributed by atoms with van der Waals surface area (Å²) in [5, 5.41) is 3.35. The van der Waals surface area contributed by atoms with E-state index in [0.29, 0.717) is 11.8 Å². The van der Waals surface area contributed by atoms with Crippen LogP contribution >= 0.6 is 0 Å². The Balaban J connectivity index is 1.67. The summed E-state index contributed by atoms with van der Waals surface area (Å²) in [6, 6.07) is 10.4. The molecule has 1 N–H and O–H groups in total. The van der Waals surface area contributed by atoms with Crippen molar-refractivity contribution < 1.29 is 9.53 Å². The molecule has 0 aromatic heterocycles. The fourth-order valence-corrected chi connectivity index (χ4v) is 3.60. The summed E-state index contributed by atoms with van der Waals surface area (Å²) in [5.74, 6) is 1.12. The van der Waals surface area contributed by atoms with Crippen LogP contribution in [0.25, 0.3) is 0 Å². The molecule has 2 heterocycles. The molecule has 1 aromatic carbocycles. The lowest BCUT2D eigenvalue weighted by Crippen LogP contribution is -2.43. The number of hydrogen-bond donors (Lipinski definition) is 1. The molecule has 2 aliphatic rings. The summed E-state index contributed by atoms with van der Waals surface area (Å²) in [6.07, 6.45) is 4.09. The highest BCUT2D eigenvalue weighted by molar-refractivity contribution is 5.79. The maximum absolute atomic E-state index is 13.0. The van der Waals surface area contributed by atoms with Gasteiger partial charge in [0.1, 0.15) is 0 Å². The largest absolute Gasteiger partial charge is 0.381 e. The monoisotopic (exact) mass is 316 g/mol. The van der Waals surface area contributed by atoms with Crippen LogP contribution in [-0.2, 0) is 16.1 Å². The zero-order valence-corrected chi connectivity index (χ0v) is 13.9. The van der Waals surface area contributed by atoms with Crippen LogP contribution in [0.15, 0.2) is 30.3 Å². The Labute approximate surface area is 139 Å². The molecule has 0 aliphatic carbocycles. The summed E-state index contributed by atoms with van der Waals surface area (Å²) in [4.78, 5) is 15.2. The zero-order chi connectivity index (χ0) is 15.9. The predicted molar refractivity (Wildman–Crippen MR) is 91.0 cm³/mol. The lowest BCUT2D eigenvalue weighted by Gasteiger charge is -2.33. The Hall–Kier alpha value is -1.39. The number of hydrogen-bond acceptors (Lipinski definition) is 3. The van der Waals surface area contributed by atoms with Crippen LogP contribution in [-0.4, -0.2) is 43.7 Å². The molecular formula is C19H28N2O2. The van der Waals surface area contributed by atoms with Crippen molar-refractivity contribution in [3.63, 3.8) is 0 Å². The van der Waals surface area contributed by atoms with E-state index in [4.69, 9.17) is 4.74 Å². The van der Waals surface area contributed by atoms with Gasteiger partial charge in [-0.15, -0.1) is 0 Å². The van der Waals surface area contributed by atoms with Gasteiger partial charge in [0.2, 0.25) is 5.91 Å². The summed E-state index contributed by atoms with van der Waals surface area (Å²) in [5.41, 5.74) is 1.22. The molecule has 3 rings (SSSR count). The van der Waals surface area contributed by atoms with Crippen molar-refractivity contribution in [3.05, 3.63) is 35.9 Å². The number of carbonyl (C=O) groups excluding carboxylic acids is 1. The Morgan fingerprint density at radius 3 is 2.48 bits per heavy atom. The molecule has 2 aliphatic heterocycles. The Kier molecular flexibility index (Phi) is 6.06. The van der Waals surface area contributed by atoms with E-state index in [-0.39, 0.29) is 5.92 Å². The fourth-order valence-electron chi connectivity index (χ4n) is 3.60. The van der Waals surface area contributed by atoms with Crippen molar-refractivity contribution in [2.75, 3.05) is 32.8 Å². The van der Waals surface area contributed by atoms with Gasteiger partial charge in [-0.2, -0.15) is 0 Å². The number of rotatable bonds is 5. The highest BCUT2D eigenvalue weighted by atomic mass is 16.5.